The van der Waals surface area contributed by atoms with Gasteiger partial charge in [0.05, 0.1) is 0 Å². The SMILES string of the molecule is CN=C(NCc1ccc(Cl)cc1)NC(C)(C)C.I. The summed E-state index contributed by atoms with van der Waals surface area (Å²) in [6.07, 6.45) is 0. The van der Waals surface area contributed by atoms with Gasteiger partial charge < -0.3 is 10.6 Å². The first kappa shape index (κ1) is 17.5. The fourth-order valence-electron chi connectivity index (χ4n) is 1.32. The van der Waals surface area contributed by atoms with E-state index in [0.29, 0.717) is 0 Å². The summed E-state index contributed by atoms with van der Waals surface area (Å²) in [4.78, 5) is 4.17. The molecule has 1 aromatic carbocycles. The molecule has 0 radical (unpaired) electrons. The van der Waals surface area contributed by atoms with Crippen molar-refractivity contribution in [2.45, 2.75) is 32.9 Å². The van der Waals surface area contributed by atoms with Crippen molar-refractivity contribution in [3.8, 4) is 0 Å². The van der Waals surface area contributed by atoms with E-state index < -0.39 is 0 Å². The van der Waals surface area contributed by atoms with Crippen LogP contribution in [0.25, 0.3) is 0 Å². The summed E-state index contributed by atoms with van der Waals surface area (Å²) in [5.74, 6) is 0.799. The van der Waals surface area contributed by atoms with E-state index in [2.05, 4.69) is 36.4 Å². The summed E-state index contributed by atoms with van der Waals surface area (Å²) in [6.45, 7) is 7.03. The van der Waals surface area contributed by atoms with Crippen LogP contribution in [0.2, 0.25) is 5.02 Å². The van der Waals surface area contributed by atoms with Crippen molar-refractivity contribution in [2.24, 2.45) is 4.99 Å². The van der Waals surface area contributed by atoms with Gasteiger partial charge in [0.2, 0.25) is 0 Å². The van der Waals surface area contributed by atoms with Crippen LogP contribution < -0.4 is 10.6 Å². The summed E-state index contributed by atoms with van der Waals surface area (Å²) < 4.78 is 0. The van der Waals surface area contributed by atoms with E-state index in [1.807, 2.05) is 24.3 Å². The number of nitrogens with one attached hydrogen (secondary N) is 2. The standard InChI is InChI=1S/C13H20ClN3.HI/c1-13(2,3)17-12(15-4)16-9-10-5-7-11(14)8-6-10;/h5-8H,9H2,1-4H3,(H2,15,16,17);1H. The molecule has 0 amide bonds. The molecule has 18 heavy (non-hydrogen) atoms. The quantitative estimate of drug-likeness (QED) is 0.468. The Morgan fingerprint density at radius 2 is 1.78 bits per heavy atom. The van der Waals surface area contributed by atoms with Crippen LogP contribution in [0.5, 0.6) is 0 Å². The maximum absolute atomic E-state index is 5.83. The molecule has 2 N–H and O–H groups in total. The number of hydrogen-bond acceptors (Lipinski definition) is 1. The molecule has 5 heteroatoms. The predicted octanol–water partition coefficient (Wildman–Crippen LogP) is 3.42. The first-order chi connectivity index (χ1) is 7.90. The van der Waals surface area contributed by atoms with Crippen molar-refractivity contribution in [1.29, 1.82) is 0 Å². The van der Waals surface area contributed by atoms with E-state index in [1.54, 1.807) is 7.05 Å². The molecule has 0 aromatic heterocycles. The Labute approximate surface area is 131 Å². The van der Waals surface area contributed by atoms with Crippen LogP contribution in [0, 0.1) is 0 Å². The Hall–Kier alpha value is -0.490. The van der Waals surface area contributed by atoms with Crippen LogP contribution in [0.3, 0.4) is 0 Å². The first-order valence-electron chi connectivity index (χ1n) is 5.64. The Bertz CT molecular complexity index is 382. The Morgan fingerprint density at radius 3 is 2.22 bits per heavy atom. The number of halogens is 2. The summed E-state index contributed by atoms with van der Waals surface area (Å²) in [6, 6.07) is 7.77. The highest BCUT2D eigenvalue weighted by Gasteiger charge is 2.11. The summed E-state index contributed by atoms with van der Waals surface area (Å²) in [5, 5.41) is 7.31. The molecule has 0 atom stereocenters. The monoisotopic (exact) mass is 381 g/mol. The summed E-state index contributed by atoms with van der Waals surface area (Å²) in [7, 11) is 1.77. The molecule has 0 fully saturated rings. The molecule has 0 aliphatic heterocycles. The third-order valence-corrected chi connectivity index (χ3v) is 2.34. The van der Waals surface area contributed by atoms with Crippen LogP contribution >= 0.6 is 35.6 Å². The van der Waals surface area contributed by atoms with Crippen LogP contribution in [-0.2, 0) is 6.54 Å². The van der Waals surface area contributed by atoms with Gasteiger partial charge in [-0.2, -0.15) is 0 Å². The molecule has 0 heterocycles. The highest BCUT2D eigenvalue weighted by molar-refractivity contribution is 14.0. The molecule has 0 aliphatic carbocycles. The lowest BCUT2D eigenvalue weighted by Gasteiger charge is -2.23. The van der Waals surface area contributed by atoms with Crippen molar-refractivity contribution in [2.75, 3.05) is 7.05 Å². The Kier molecular flexibility index (Phi) is 7.62. The van der Waals surface area contributed by atoms with Crippen molar-refractivity contribution in [3.05, 3.63) is 34.9 Å². The zero-order chi connectivity index (χ0) is 12.9. The van der Waals surface area contributed by atoms with E-state index in [9.17, 15) is 0 Å². The van der Waals surface area contributed by atoms with E-state index >= 15 is 0 Å². The molecule has 0 spiro atoms. The molecule has 0 unspecified atom stereocenters. The number of nitrogens with zero attached hydrogens (tertiary/aromatic N) is 1. The Balaban J connectivity index is 0.00000289. The second-order valence-electron chi connectivity index (χ2n) is 4.93. The number of rotatable bonds is 2. The van der Waals surface area contributed by atoms with E-state index in [0.717, 1.165) is 17.5 Å². The average molecular weight is 382 g/mol. The molecule has 1 aromatic rings. The van der Waals surface area contributed by atoms with Crippen molar-refractivity contribution < 1.29 is 0 Å². The average Bonchev–Trinajstić information content (AvgIpc) is 2.25. The van der Waals surface area contributed by atoms with Gasteiger partial charge in [0.1, 0.15) is 0 Å². The molecular weight excluding hydrogens is 361 g/mol. The van der Waals surface area contributed by atoms with Crippen molar-refractivity contribution in [1.82, 2.24) is 10.6 Å². The smallest absolute Gasteiger partial charge is 0.191 e. The molecule has 0 aliphatic rings. The van der Waals surface area contributed by atoms with Crippen LogP contribution in [0.15, 0.2) is 29.3 Å². The van der Waals surface area contributed by atoms with Crippen LogP contribution in [0.4, 0.5) is 0 Å². The summed E-state index contributed by atoms with van der Waals surface area (Å²) >= 11 is 5.83. The van der Waals surface area contributed by atoms with Gasteiger partial charge in [-0.15, -0.1) is 24.0 Å². The largest absolute Gasteiger partial charge is 0.352 e. The minimum Gasteiger partial charge on any atom is -0.352 e. The molecule has 0 saturated carbocycles. The molecule has 1 rings (SSSR count). The van der Waals surface area contributed by atoms with Crippen molar-refractivity contribution in [3.63, 3.8) is 0 Å². The minimum absolute atomic E-state index is 0. The van der Waals surface area contributed by atoms with Gasteiger partial charge in [0, 0.05) is 24.2 Å². The number of benzene rings is 1. The third kappa shape index (κ3) is 7.06. The highest BCUT2D eigenvalue weighted by atomic mass is 127. The van der Waals surface area contributed by atoms with Crippen molar-refractivity contribution >= 4 is 41.5 Å². The maximum atomic E-state index is 5.83. The fraction of sp³-hybridized carbons (Fsp3) is 0.462. The molecule has 0 saturated heterocycles. The van der Waals surface area contributed by atoms with Gasteiger partial charge >= 0.3 is 0 Å². The topological polar surface area (TPSA) is 36.4 Å². The zero-order valence-electron chi connectivity index (χ0n) is 11.2. The second-order valence-corrected chi connectivity index (χ2v) is 5.36. The lowest BCUT2D eigenvalue weighted by Crippen LogP contribution is -2.47. The third-order valence-electron chi connectivity index (χ3n) is 2.09. The molecule has 0 bridgehead atoms. The summed E-state index contributed by atoms with van der Waals surface area (Å²) in [5.41, 5.74) is 1.17. The number of aliphatic imine (C=N–C) groups is 1. The van der Waals surface area contributed by atoms with E-state index in [4.69, 9.17) is 11.6 Å². The maximum Gasteiger partial charge on any atom is 0.191 e. The minimum atomic E-state index is 0. The zero-order valence-corrected chi connectivity index (χ0v) is 14.3. The van der Waals surface area contributed by atoms with Gasteiger partial charge in [-0.25, -0.2) is 0 Å². The first-order valence-corrected chi connectivity index (χ1v) is 6.02. The molecular formula is C13H21ClIN3. The van der Waals surface area contributed by atoms with Gasteiger partial charge in [0.25, 0.3) is 0 Å². The van der Waals surface area contributed by atoms with Gasteiger partial charge in [-0.3, -0.25) is 4.99 Å². The van der Waals surface area contributed by atoms with Gasteiger partial charge in [-0.1, -0.05) is 23.7 Å². The molecule has 3 nitrogen and oxygen atoms in total. The van der Waals surface area contributed by atoms with Gasteiger partial charge in [0.15, 0.2) is 5.96 Å². The second kappa shape index (κ2) is 7.84. The lowest BCUT2D eigenvalue weighted by molar-refractivity contribution is 0.501. The van der Waals surface area contributed by atoms with E-state index in [1.165, 1.54) is 5.56 Å². The van der Waals surface area contributed by atoms with Crippen LogP contribution in [-0.4, -0.2) is 18.5 Å². The van der Waals surface area contributed by atoms with Gasteiger partial charge in [-0.05, 0) is 38.5 Å². The highest BCUT2D eigenvalue weighted by Crippen LogP contribution is 2.09. The lowest BCUT2D eigenvalue weighted by atomic mass is 10.1. The Morgan fingerprint density at radius 1 is 1.22 bits per heavy atom. The molecule has 102 valence electrons. The van der Waals surface area contributed by atoms with Crippen LogP contribution in [0.1, 0.15) is 26.3 Å². The fourth-order valence-corrected chi connectivity index (χ4v) is 1.45. The number of hydrogen-bond donors (Lipinski definition) is 2. The predicted molar refractivity (Wildman–Crippen MR) is 90.0 cm³/mol. The van der Waals surface area contributed by atoms with E-state index in [-0.39, 0.29) is 29.5 Å². The number of guanidine groups is 1. The normalized spacial score (nSPS) is 11.7.